The van der Waals surface area contributed by atoms with Gasteiger partial charge >= 0.3 is 7.60 Å². The molecule has 0 aromatic carbocycles. The van der Waals surface area contributed by atoms with Gasteiger partial charge in [-0.1, -0.05) is 60.5 Å². The van der Waals surface area contributed by atoms with Crippen molar-refractivity contribution in [1.29, 1.82) is 0 Å². The van der Waals surface area contributed by atoms with Gasteiger partial charge < -0.3 is 14.2 Å². The van der Waals surface area contributed by atoms with Gasteiger partial charge in [0.05, 0.1) is 12.2 Å². The zero-order chi connectivity index (χ0) is 23.5. The molecule has 0 radical (unpaired) electrons. The zero-order valence-corrected chi connectivity index (χ0v) is 21.7. The third-order valence-corrected chi connectivity index (χ3v) is 9.80. The molecule has 0 saturated heterocycles. The van der Waals surface area contributed by atoms with Gasteiger partial charge in [0.1, 0.15) is 0 Å². The minimum absolute atomic E-state index is 0.172. The van der Waals surface area contributed by atoms with Crippen molar-refractivity contribution in [1.82, 2.24) is 4.98 Å². The van der Waals surface area contributed by atoms with Crippen molar-refractivity contribution in [2.75, 3.05) is 0 Å². The molecule has 0 bridgehead atoms. The third-order valence-electron chi connectivity index (χ3n) is 7.77. The summed E-state index contributed by atoms with van der Waals surface area (Å²) in [5, 5.41) is 11.3. The monoisotopic (exact) mass is 465 g/mol. The van der Waals surface area contributed by atoms with Crippen LogP contribution in [-0.4, -0.2) is 22.3 Å². The van der Waals surface area contributed by atoms with Crippen LogP contribution in [0.25, 0.3) is 0 Å². The predicted molar refractivity (Wildman–Crippen MR) is 129 cm³/mol. The van der Waals surface area contributed by atoms with Gasteiger partial charge in [-0.05, 0) is 67.3 Å². The maximum Gasteiger partial charge on any atom is 0.364 e. The van der Waals surface area contributed by atoms with E-state index in [4.69, 9.17) is 9.05 Å². The molecule has 0 amide bonds. The van der Waals surface area contributed by atoms with Crippen LogP contribution in [0.3, 0.4) is 0 Å². The number of rotatable bonds is 8. The molecule has 2 saturated carbocycles. The standard InChI is InChI=1S/C26H44NO4P/c1-17(2)22-11-9-19(5)14-24(22)30-32(29,26(28)21-8-7-13-27-16-21)31-25-15-20(6)10-12-23(25)18(3)4/h7-8,13,16-20,22-26,28H,9-12,14-15H2,1-6H3/t19-,20+,22-,23+,24-,25-,26+,32?/m1/s1. The normalized spacial score (nSPS) is 34.4. The number of aromatic nitrogens is 1. The Bertz CT molecular complexity index is 717. The van der Waals surface area contributed by atoms with Crippen molar-refractivity contribution < 1.29 is 18.7 Å². The molecule has 1 unspecified atom stereocenters. The van der Waals surface area contributed by atoms with Crippen LogP contribution in [0.5, 0.6) is 0 Å². The van der Waals surface area contributed by atoms with Gasteiger partial charge in [-0.2, -0.15) is 0 Å². The minimum Gasteiger partial charge on any atom is -0.376 e. The average Bonchev–Trinajstić information content (AvgIpc) is 2.73. The van der Waals surface area contributed by atoms with E-state index in [9.17, 15) is 9.67 Å². The summed E-state index contributed by atoms with van der Waals surface area (Å²) in [5.41, 5.74) is 0.491. The molecule has 2 aliphatic carbocycles. The molecule has 8 atom stereocenters. The number of hydrogen-bond acceptors (Lipinski definition) is 5. The minimum atomic E-state index is -3.86. The van der Waals surface area contributed by atoms with Crippen molar-refractivity contribution in [2.24, 2.45) is 35.5 Å². The van der Waals surface area contributed by atoms with Crippen molar-refractivity contribution in [3.63, 3.8) is 0 Å². The molecule has 3 rings (SSSR count). The molecule has 1 aromatic rings. The summed E-state index contributed by atoms with van der Waals surface area (Å²) in [6.45, 7) is 13.3. The maximum absolute atomic E-state index is 14.5. The van der Waals surface area contributed by atoms with Crippen LogP contribution in [0.1, 0.15) is 91.5 Å². The smallest absolute Gasteiger partial charge is 0.364 e. The van der Waals surface area contributed by atoms with Crippen molar-refractivity contribution in [3.8, 4) is 0 Å². The summed E-state index contributed by atoms with van der Waals surface area (Å²) in [7, 11) is -3.86. The molecule has 32 heavy (non-hydrogen) atoms. The summed E-state index contributed by atoms with van der Waals surface area (Å²) in [6.07, 6.45) is 9.01. The quantitative estimate of drug-likeness (QED) is 0.410. The van der Waals surface area contributed by atoms with Gasteiger partial charge in [-0.3, -0.25) is 9.55 Å². The summed E-state index contributed by atoms with van der Waals surface area (Å²) in [4.78, 5) is 4.13. The van der Waals surface area contributed by atoms with E-state index in [1.165, 1.54) is 0 Å². The van der Waals surface area contributed by atoms with E-state index in [1.54, 1.807) is 24.5 Å². The first-order chi connectivity index (χ1) is 15.1. The Kier molecular flexibility index (Phi) is 8.99. The number of nitrogens with zero attached hydrogens (tertiary/aromatic N) is 1. The molecule has 5 nitrogen and oxygen atoms in total. The molecule has 0 aliphatic heterocycles. The van der Waals surface area contributed by atoms with Crippen molar-refractivity contribution in [2.45, 2.75) is 98.1 Å². The molecule has 6 heteroatoms. The highest BCUT2D eigenvalue weighted by molar-refractivity contribution is 7.54. The maximum atomic E-state index is 14.5. The molecule has 182 valence electrons. The fourth-order valence-electron chi connectivity index (χ4n) is 5.70. The topological polar surface area (TPSA) is 68.7 Å². The van der Waals surface area contributed by atoms with Gasteiger partial charge in [0, 0.05) is 18.0 Å². The second-order valence-electron chi connectivity index (χ2n) is 11.1. The summed E-state index contributed by atoms with van der Waals surface area (Å²) < 4.78 is 27.4. The highest BCUT2D eigenvalue weighted by atomic mass is 31.2. The molecule has 2 aliphatic rings. The first-order valence-electron chi connectivity index (χ1n) is 12.6. The van der Waals surface area contributed by atoms with Gasteiger partial charge in [0.2, 0.25) is 0 Å². The largest absolute Gasteiger partial charge is 0.376 e. The van der Waals surface area contributed by atoms with Crippen molar-refractivity contribution in [3.05, 3.63) is 30.1 Å². The van der Waals surface area contributed by atoms with Gasteiger partial charge in [-0.25, -0.2) is 0 Å². The second kappa shape index (κ2) is 11.1. The highest BCUT2D eigenvalue weighted by Gasteiger charge is 2.46. The van der Waals surface area contributed by atoms with E-state index in [0.29, 0.717) is 41.1 Å². The Labute approximate surface area is 195 Å². The zero-order valence-electron chi connectivity index (χ0n) is 20.8. The van der Waals surface area contributed by atoms with Crippen molar-refractivity contribution >= 4 is 7.60 Å². The fourth-order valence-corrected chi connectivity index (χ4v) is 7.74. The lowest BCUT2D eigenvalue weighted by Crippen LogP contribution is -2.37. The molecule has 1 heterocycles. The average molecular weight is 466 g/mol. The van der Waals surface area contributed by atoms with E-state index in [-0.39, 0.29) is 12.2 Å². The van der Waals surface area contributed by atoms with E-state index in [2.05, 4.69) is 46.5 Å². The van der Waals surface area contributed by atoms with Crippen LogP contribution < -0.4 is 0 Å². The SMILES string of the molecule is CC(C)[C@H]1CC[C@@H](C)C[C@H]1OP(=O)(O[C@@H]1C[C@@H](C)CC[C@H]1C(C)C)[C@H](O)c1cccnc1. The van der Waals surface area contributed by atoms with Crippen LogP contribution in [0.15, 0.2) is 24.5 Å². The number of aliphatic hydroxyl groups excluding tert-OH is 1. The lowest BCUT2D eigenvalue weighted by atomic mass is 9.75. The molecular weight excluding hydrogens is 421 g/mol. The highest BCUT2D eigenvalue weighted by Crippen LogP contribution is 2.64. The number of pyridine rings is 1. The summed E-state index contributed by atoms with van der Waals surface area (Å²) >= 11 is 0. The second-order valence-corrected chi connectivity index (χ2v) is 13.1. The van der Waals surface area contributed by atoms with Crippen LogP contribution in [0.4, 0.5) is 0 Å². The Morgan fingerprint density at radius 1 is 0.938 bits per heavy atom. The van der Waals surface area contributed by atoms with Crippen LogP contribution in [-0.2, 0) is 13.6 Å². The number of hydrogen-bond donors (Lipinski definition) is 1. The van der Waals surface area contributed by atoms with Crippen LogP contribution in [0, 0.1) is 35.5 Å². The lowest BCUT2D eigenvalue weighted by Gasteiger charge is -2.42. The van der Waals surface area contributed by atoms with Gasteiger partial charge in [0.15, 0.2) is 5.85 Å². The third kappa shape index (κ3) is 6.23. The molecule has 1 N–H and O–H groups in total. The Hall–Kier alpha value is -0.740. The van der Waals surface area contributed by atoms with Gasteiger partial charge in [0.25, 0.3) is 0 Å². The molecule has 1 aromatic heterocycles. The Morgan fingerprint density at radius 2 is 1.44 bits per heavy atom. The summed E-state index contributed by atoms with van der Waals surface area (Å²) in [5.74, 6) is 1.18. The first-order valence-corrected chi connectivity index (χ1v) is 14.3. The molecule has 2 fully saturated rings. The summed E-state index contributed by atoms with van der Waals surface area (Å²) in [6, 6.07) is 3.51. The lowest BCUT2D eigenvalue weighted by molar-refractivity contribution is -0.0154. The number of aliphatic hydroxyl groups is 1. The van der Waals surface area contributed by atoms with Crippen LogP contribution >= 0.6 is 7.60 Å². The van der Waals surface area contributed by atoms with Gasteiger partial charge in [-0.15, -0.1) is 0 Å². The predicted octanol–water partition coefficient (Wildman–Crippen LogP) is 7.22. The molecule has 0 spiro atoms. The Morgan fingerprint density at radius 3 is 1.84 bits per heavy atom. The van der Waals surface area contributed by atoms with E-state index >= 15 is 0 Å². The first kappa shape index (κ1) is 25.9. The fraction of sp³-hybridized carbons (Fsp3) is 0.808. The van der Waals surface area contributed by atoms with Crippen LogP contribution in [0.2, 0.25) is 0 Å². The van der Waals surface area contributed by atoms with E-state index in [0.717, 1.165) is 38.5 Å². The molecular formula is C26H44NO4P. The van der Waals surface area contributed by atoms with E-state index < -0.39 is 13.4 Å². The Balaban J connectivity index is 1.92. The van der Waals surface area contributed by atoms with E-state index in [1.807, 2.05) is 0 Å².